The van der Waals surface area contributed by atoms with Crippen LogP contribution < -0.4 is 0 Å². The van der Waals surface area contributed by atoms with Crippen LogP contribution in [0.5, 0.6) is 0 Å². The molecule has 16 heavy (non-hydrogen) atoms. The second-order valence-electron chi connectivity index (χ2n) is 3.03. The summed E-state index contributed by atoms with van der Waals surface area (Å²) in [7, 11) is -5.49. The maximum absolute atomic E-state index is 11.8. The van der Waals surface area contributed by atoms with Crippen molar-refractivity contribution in [2.45, 2.75) is 38.3 Å². The largest absolute Gasteiger partial charge is 0.523 e. The minimum Gasteiger partial charge on any atom is -0.376 e. The summed E-state index contributed by atoms with van der Waals surface area (Å²) < 4.78 is 65.1. The van der Waals surface area contributed by atoms with Gasteiger partial charge < -0.3 is 4.74 Å². The molecule has 98 valence electrons. The van der Waals surface area contributed by atoms with Crippen molar-refractivity contribution in [3.63, 3.8) is 0 Å². The van der Waals surface area contributed by atoms with Gasteiger partial charge >= 0.3 is 15.6 Å². The molecule has 0 aromatic rings. The van der Waals surface area contributed by atoms with Crippen LogP contribution in [0.25, 0.3) is 0 Å². The first kappa shape index (κ1) is 15.7. The Hall–Kier alpha value is -0.340. The molecule has 0 spiro atoms. The van der Waals surface area contributed by atoms with Crippen molar-refractivity contribution < 1.29 is 30.5 Å². The smallest absolute Gasteiger partial charge is 0.376 e. The molecule has 0 aromatic heterocycles. The maximum atomic E-state index is 11.8. The summed E-state index contributed by atoms with van der Waals surface area (Å²) in [6, 6.07) is 0. The van der Waals surface area contributed by atoms with E-state index in [1.54, 1.807) is 0 Å². The average molecular weight is 264 g/mol. The number of hydrogen-bond acceptors (Lipinski definition) is 4. The van der Waals surface area contributed by atoms with Crippen molar-refractivity contribution in [3.8, 4) is 0 Å². The predicted molar refractivity (Wildman–Crippen MR) is 51.2 cm³/mol. The second kappa shape index (κ2) is 6.41. The van der Waals surface area contributed by atoms with Gasteiger partial charge in [-0.05, 0) is 12.8 Å². The van der Waals surface area contributed by atoms with Crippen LogP contribution in [0, 0.1) is 0 Å². The molecule has 0 saturated heterocycles. The monoisotopic (exact) mass is 264 g/mol. The normalized spacial score (nSPS) is 13.4. The number of rotatable bonds is 7. The van der Waals surface area contributed by atoms with Gasteiger partial charge in [-0.15, -0.1) is 0 Å². The standard InChI is InChI=1S/C8H15F3O4S/c1-3-7(4-2)14-5-6-15-16(12,13)8(9,10)11/h7H,3-6H2,1-2H3. The first-order valence-corrected chi connectivity index (χ1v) is 6.22. The van der Waals surface area contributed by atoms with E-state index < -0.39 is 22.2 Å². The molecule has 0 radical (unpaired) electrons. The Morgan fingerprint density at radius 3 is 2.00 bits per heavy atom. The maximum Gasteiger partial charge on any atom is 0.523 e. The molecule has 0 atom stereocenters. The Morgan fingerprint density at radius 2 is 1.62 bits per heavy atom. The van der Waals surface area contributed by atoms with E-state index in [1.165, 1.54) is 0 Å². The molecule has 0 aliphatic rings. The molecule has 0 N–H and O–H groups in total. The van der Waals surface area contributed by atoms with Crippen LogP contribution in [0.1, 0.15) is 26.7 Å². The fourth-order valence-corrected chi connectivity index (χ4v) is 1.37. The second-order valence-corrected chi connectivity index (χ2v) is 4.64. The summed E-state index contributed by atoms with van der Waals surface area (Å²) in [5.41, 5.74) is -5.37. The Bertz CT molecular complexity index is 282. The summed E-state index contributed by atoms with van der Waals surface area (Å²) in [6.45, 7) is 2.92. The molecular formula is C8H15F3O4S. The SMILES string of the molecule is CCC(CC)OCCOS(=O)(=O)C(F)(F)F. The highest BCUT2D eigenvalue weighted by atomic mass is 32.2. The van der Waals surface area contributed by atoms with E-state index in [0.717, 1.165) is 0 Å². The van der Waals surface area contributed by atoms with Gasteiger partial charge in [0.2, 0.25) is 0 Å². The van der Waals surface area contributed by atoms with Crippen LogP contribution in [0.15, 0.2) is 0 Å². The lowest BCUT2D eigenvalue weighted by Gasteiger charge is -2.14. The summed E-state index contributed by atoms with van der Waals surface area (Å²) in [5.74, 6) is 0. The minimum atomic E-state index is -5.49. The van der Waals surface area contributed by atoms with Gasteiger partial charge in [-0.1, -0.05) is 13.8 Å². The molecule has 0 amide bonds. The molecule has 8 heteroatoms. The van der Waals surface area contributed by atoms with E-state index in [4.69, 9.17) is 4.74 Å². The predicted octanol–water partition coefficient (Wildman–Crippen LogP) is 2.06. The van der Waals surface area contributed by atoms with Gasteiger partial charge in [-0.2, -0.15) is 21.6 Å². The molecule has 0 saturated carbocycles. The van der Waals surface area contributed by atoms with Crippen molar-refractivity contribution in [2.75, 3.05) is 13.2 Å². The zero-order valence-electron chi connectivity index (χ0n) is 9.08. The summed E-state index contributed by atoms with van der Waals surface area (Å²) >= 11 is 0. The molecule has 0 unspecified atom stereocenters. The van der Waals surface area contributed by atoms with Gasteiger partial charge in [0.1, 0.15) is 0 Å². The van der Waals surface area contributed by atoms with Crippen LogP contribution in [0.4, 0.5) is 13.2 Å². The fraction of sp³-hybridized carbons (Fsp3) is 1.00. The fourth-order valence-electron chi connectivity index (χ4n) is 0.950. The van der Waals surface area contributed by atoms with Crippen LogP contribution in [-0.4, -0.2) is 33.2 Å². The van der Waals surface area contributed by atoms with Gasteiger partial charge in [-0.3, -0.25) is 4.18 Å². The number of halogens is 3. The molecule has 0 aliphatic heterocycles. The third-order valence-corrected chi connectivity index (χ3v) is 2.91. The number of ether oxygens (including phenoxy) is 1. The van der Waals surface area contributed by atoms with Crippen LogP contribution in [0.2, 0.25) is 0 Å². The highest BCUT2D eigenvalue weighted by Gasteiger charge is 2.47. The zero-order chi connectivity index (χ0) is 12.8. The van der Waals surface area contributed by atoms with Gasteiger partial charge in [0.05, 0.1) is 19.3 Å². The van der Waals surface area contributed by atoms with Gasteiger partial charge in [0, 0.05) is 0 Å². The van der Waals surface area contributed by atoms with Gasteiger partial charge in [0.15, 0.2) is 0 Å². The molecule has 0 fully saturated rings. The van der Waals surface area contributed by atoms with Crippen molar-refractivity contribution in [1.29, 1.82) is 0 Å². The lowest BCUT2D eigenvalue weighted by atomic mass is 10.2. The van der Waals surface area contributed by atoms with Crippen molar-refractivity contribution in [3.05, 3.63) is 0 Å². The Morgan fingerprint density at radius 1 is 1.12 bits per heavy atom. The zero-order valence-corrected chi connectivity index (χ0v) is 9.90. The number of alkyl halides is 3. The van der Waals surface area contributed by atoms with Crippen LogP contribution in [0.3, 0.4) is 0 Å². The lowest BCUT2D eigenvalue weighted by Crippen LogP contribution is -2.27. The number of hydrogen-bond donors (Lipinski definition) is 0. The summed E-state index contributed by atoms with van der Waals surface area (Å²) in [4.78, 5) is 0. The van der Waals surface area contributed by atoms with E-state index >= 15 is 0 Å². The average Bonchev–Trinajstić information content (AvgIpc) is 2.16. The highest BCUT2D eigenvalue weighted by Crippen LogP contribution is 2.24. The van der Waals surface area contributed by atoms with E-state index in [0.29, 0.717) is 12.8 Å². The summed E-state index contributed by atoms with van der Waals surface area (Å²) in [5, 5.41) is 0. The Labute approximate surface area is 92.9 Å². The van der Waals surface area contributed by atoms with E-state index in [9.17, 15) is 21.6 Å². The molecule has 0 aromatic carbocycles. The van der Waals surface area contributed by atoms with E-state index in [-0.39, 0.29) is 12.7 Å². The van der Waals surface area contributed by atoms with Crippen molar-refractivity contribution >= 4 is 10.1 Å². The lowest BCUT2D eigenvalue weighted by molar-refractivity contribution is -0.0566. The van der Waals surface area contributed by atoms with Crippen LogP contribution in [-0.2, 0) is 19.0 Å². The molecule has 0 aliphatic carbocycles. The highest BCUT2D eigenvalue weighted by molar-refractivity contribution is 7.87. The molecular weight excluding hydrogens is 249 g/mol. The molecule has 4 nitrogen and oxygen atoms in total. The van der Waals surface area contributed by atoms with E-state index in [1.807, 2.05) is 13.8 Å². The minimum absolute atomic E-state index is 0.0859. The van der Waals surface area contributed by atoms with Crippen molar-refractivity contribution in [1.82, 2.24) is 0 Å². The summed E-state index contributed by atoms with van der Waals surface area (Å²) in [6.07, 6.45) is 1.34. The third kappa shape index (κ3) is 5.13. The Balaban J connectivity index is 3.92. The van der Waals surface area contributed by atoms with Gasteiger partial charge in [0.25, 0.3) is 0 Å². The third-order valence-electron chi connectivity index (χ3n) is 1.87. The first-order chi connectivity index (χ1) is 7.24. The topological polar surface area (TPSA) is 52.6 Å². The Kier molecular flexibility index (Phi) is 6.27. The molecule has 0 heterocycles. The quantitative estimate of drug-likeness (QED) is 0.401. The first-order valence-electron chi connectivity index (χ1n) is 4.81. The van der Waals surface area contributed by atoms with Crippen LogP contribution >= 0.6 is 0 Å². The molecule has 0 rings (SSSR count). The van der Waals surface area contributed by atoms with E-state index in [2.05, 4.69) is 4.18 Å². The molecule has 0 bridgehead atoms. The van der Waals surface area contributed by atoms with Crippen molar-refractivity contribution in [2.24, 2.45) is 0 Å². The van der Waals surface area contributed by atoms with Gasteiger partial charge in [-0.25, -0.2) is 0 Å².